The molecule has 9 heteroatoms. The Morgan fingerprint density at radius 2 is 0.873 bits per heavy atom. The van der Waals surface area contributed by atoms with Crippen molar-refractivity contribution in [3.63, 3.8) is 0 Å². The van der Waals surface area contributed by atoms with Crippen molar-refractivity contribution in [2.75, 3.05) is 54.1 Å². The van der Waals surface area contributed by atoms with Crippen molar-refractivity contribution in [1.82, 2.24) is 0 Å². The van der Waals surface area contributed by atoms with Crippen molar-refractivity contribution >= 4 is 13.8 Å². The van der Waals surface area contributed by atoms with Crippen molar-refractivity contribution in [3.05, 3.63) is 36.5 Å². The summed E-state index contributed by atoms with van der Waals surface area (Å²) in [6.07, 6.45) is 57.6. The summed E-state index contributed by atoms with van der Waals surface area (Å²) in [5.74, 6) is -0.314. The minimum absolute atomic E-state index is 0.0881. The maximum absolute atomic E-state index is 12.8. The van der Waals surface area contributed by atoms with Crippen LogP contribution in [0.2, 0.25) is 0 Å². The van der Waals surface area contributed by atoms with Gasteiger partial charge >= 0.3 is 13.8 Å². The number of hydrogen-bond donors (Lipinski definition) is 1. The van der Waals surface area contributed by atoms with Gasteiger partial charge in [0.1, 0.15) is 19.3 Å². The summed E-state index contributed by atoms with van der Waals surface area (Å²) in [5.41, 5.74) is 0. The molecule has 0 aromatic rings. The number of esters is 1. The van der Waals surface area contributed by atoms with E-state index < -0.39 is 13.9 Å². The van der Waals surface area contributed by atoms with Gasteiger partial charge in [0, 0.05) is 13.0 Å². The Kier molecular flexibility index (Phi) is 46.3. The summed E-state index contributed by atoms with van der Waals surface area (Å²) in [6, 6.07) is 0. The van der Waals surface area contributed by atoms with E-state index in [0.717, 1.165) is 38.5 Å². The molecule has 0 aromatic heterocycles. The van der Waals surface area contributed by atoms with Crippen LogP contribution in [0.5, 0.6) is 0 Å². The molecule has 0 aliphatic heterocycles. The number of allylic oxidation sites excluding steroid dienone is 6. The number of carbonyl (C=O) groups excluding carboxylic acids is 1. The van der Waals surface area contributed by atoms with Crippen LogP contribution in [0.1, 0.15) is 245 Å². The Bertz CT molecular complexity index is 1100. The monoisotopic (exact) mass is 911 g/mol. The molecule has 0 saturated heterocycles. The lowest BCUT2D eigenvalue weighted by Crippen LogP contribution is -2.37. The summed E-state index contributed by atoms with van der Waals surface area (Å²) < 4.78 is 35.2. The molecule has 63 heavy (non-hydrogen) atoms. The standard InChI is InChI=1S/C54H104NO7P/c1-6-8-10-12-14-16-18-20-22-24-25-26-27-28-29-30-31-32-33-35-37-39-41-43-45-47-54(56)62-53(52-61-63(57,58)60-50-48-55(3,4)5)51-59-49-46-44-42-40-38-36-34-23-21-19-17-15-13-11-9-7-2/h18,20-21,23-25,53H,6-17,19,22,26-52H2,1-5H3/p+1/b20-18-,23-21-,25-24-. The Labute approximate surface area is 391 Å². The predicted molar refractivity (Wildman–Crippen MR) is 270 cm³/mol. The molecule has 0 saturated carbocycles. The fraction of sp³-hybridized carbons (Fsp3) is 0.870. The number of nitrogens with zero attached hydrogens (tertiary/aromatic N) is 1. The van der Waals surface area contributed by atoms with E-state index in [9.17, 15) is 14.3 Å². The average Bonchev–Trinajstić information content (AvgIpc) is 3.24. The van der Waals surface area contributed by atoms with Gasteiger partial charge in [-0.3, -0.25) is 13.8 Å². The zero-order valence-corrected chi connectivity index (χ0v) is 43.2. The molecular formula is C54H105NO7P+. The second-order valence-electron chi connectivity index (χ2n) is 19.3. The van der Waals surface area contributed by atoms with E-state index in [-0.39, 0.29) is 25.8 Å². The number of quaternary nitrogens is 1. The van der Waals surface area contributed by atoms with E-state index in [1.54, 1.807) is 0 Å². The molecule has 0 spiro atoms. The van der Waals surface area contributed by atoms with Crippen LogP contribution in [-0.4, -0.2) is 75.6 Å². The molecule has 2 unspecified atom stereocenters. The third-order valence-corrected chi connectivity index (χ3v) is 12.7. The highest BCUT2D eigenvalue weighted by Gasteiger charge is 2.26. The summed E-state index contributed by atoms with van der Waals surface area (Å²) >= 11 is 0. The van der Waals surface area contributed by atoms with Crippen molar-refractivity contribution in [3.8, 4) is 0 Å². The third-order valence-electron chi connectivity index (χ3n) is 11.7. The van der Waals surface area contributed by atoms with Crippen molar-refractivity contribution < 1.29 is 37.3 Å². The normalized spacial score (nSPS) is 13.8. The third kappa shape index (κ3) is 51.6. The highest BCUT2D eigenvalue weighted by molar-refractivity contribution is 7.47. The van der Waals surface area contributed by atoms with Gasteiger partial charge in [-0.1, -0.05) is 204 Å². The molecule has 0 rings (SSSR count). The summed E-state index contributed by atoms with van der Waals surface area (Å²) in [6.45, 7) is 5.63. The minimum Gasteiger partial charge on any atom is -0.457 e. The lowest BCUT2D eigenvalue weighted by atomic mass is 10.0. The van der Waals surface area contributed by atoms with E-state index in [4.69, 9.17) is 18.5 Å². The van der Waals surface area contributed by atoms with Gasteiger partial charge in [-0.15, -0.1) is 0 Å². The average molecular weight is 911 g/mol. The molecule has 0 bridgehead atoms. The maximum atomic E-state index is 12.8. The molecule has 1 N–H and O–H groups in total. The molecule has 0 aromatic carbocycles. The molecule has 0 amide bonds. The number of phosphoric ester groups is 1. The van der Waals surface area contributed by atoms with Crippen LogP contribution in [0, 0.1) is 0 Å². The lowest BCUT2D eigenvalue weighted by Gasteiger charge is -2.24. The first-order valence-corrected chi connectivity index (χ1v) is 28.2. The summed E-state index contributed by atoms with van der Waals surface area (Å²) in [7, 11) is 1.67. The van der Waals surface area contributed by atoms with Crippen LogP contribution in [-0.2, 0) is 27.9 Å². The van der Waals surface area contributed by atoms with Crippen molar-refractivity contribution in [1.29, 1.82) is 0 Å². The Hall–Kier alpha value is -1.28. The fourth-order valence-corrected chi connectivity index (χ4v) is 8.26. The Morgan fingerprint density at radius 1 is 0.492 bits per heavy atom. The largest absolute Gasteiger partial charge is 0.472 e. The molecule has 372 valence electrons. The van der Waals surface area contributed by atoms with Crippen LogP contribution >= 0.6 is 7.82 Å². The number of ether oxygens (including phenoxy) is 2. The van der Waals surface area contributed by atoms with Gasteiger partial charge in [0.2, 0.25) is 0 Å². The topological polar surface area (TPSA) is 91.3 Å². The number of rotatable bonds is 50. The Balaban J connectivity index is 4.08. The Morgan fingerprint density at radius 3 is 1.30 bits per heavy atom. The van der Waals surface area contributed by atoms with E-state index in [1.807, 2.05) is 21.1 Å². The van der Waals surface area contributed by atoms with Gasteiger partial charge in [0.25, 0.3) is 0 Å². The predicted octanol–water partition coefficient (Wildman–Crippen LogP) is 16.5. The molecule has 8 nitrogen and oxygen atoms in total. The maximum Gasteiger partial charge on any atom is 0.472 e. The zero-order chi connectivity index (χ0) is 46.2. The van der Waals surface area contributed by atoms with Gasteiger partial charge < -0.3 is 18.9 Å². The van der Waals surface area contributed by atoms with Crippen LogP contribution in [0.4, 0.5) is 0 Å². The molecule has 0 aliphatic rings. The smallest absolute Gasteiger partial charge is 0.457 e. The summed E-state index contributed by atoms with van der Waals surface area (Å²) in [4.78, 5) is 23.0. The second-order valence-corrected chi connectivity index (χ2v) is 20.7. The first-order valence-electron chi connectivity index (χ1n) is 26.7. The van der Waals surface area contributed by atoms with Gasteiger partial charge in [-0.05, 0) is 70.6 Å². The van der Waals surface area contributed by atoms with Crippen LogP contribution < -0.4 is 0 Å². The van der Waals surface area contributed by atoms with E-state index in [0.29, 0.717) is 24.1 Å². The van der Waals surface area contributed by atoms with E-state index >= 15 is 0 Å². The minimum atomic E-state index is -4.28. The van der Waals surface area contributed by atoms with E-state index in [2.05, 4.69) is 50.3 Å². The van der Waals surface area contributed by atoms with Gasteiger partial charge in [-0.25, -0.2) is 4.57 Å². The number of likely N-dealkylation sites (N-methyl/N-ethyl adjacent to an activating group) is 1. The number of unbranched alkanes of at least 4 members (excludes halogenated alkanes) is 30. The van der Waals surface area contributed by atoms with Crippen molar-refractivity contribution in [2.45, 2.75) is 251 Å². The molecule has 0 heterocycles. The van der Waals surface area contributed by atoms with Crippen LogP contribution in [0.15, 0.2) is 36.5 Å². The highest BCUT2D eigenvalue weighted by atomic mass is 31.2. The second kappa shape index (κ2) is 47.2. The molecular weight excluding hydrogens is 806 g/mol. The van der Waals surface area contributed by atoms with Crippen LogP contribution in [0.25, 0.3) is 0 Å². The first-order chi connectivity index (χ1) is 30.6. The fourth-order valence-electron chi connectivity index (χ4n) is 7.52. The SMILES string of the molecule is CCCCCCC/C=C\C/C=C\CCCCCCCCCCCCCCCC(=O)OC(COCCCCCCCC/C=C\CCCCCCCC)COP(=O)(O)OCC[N+](C)(C)C. The lowest BCUT2D eigenvalue weighted by molar-refractivity contribution is -0.870. The van der Waals surface area contributed by atoms with Gasteiger partial charge in [0.15, 0.2) is 0 Å². The van der Waals surface area contributed by atoms with Gasteiger partial charge in [-0.2, -0.15) is 0 Å². The summed E-state index contributed by atoms with van der Waals surface area (Å²) in [5, 5.41) is 0. The first kappa shape index (κ1) is 61.7. The zero-order valence-electron chi connectivity index (χ0n) is 42.3. The number of carbonyl (C=O) groups is 1. The van der Waals surface area contributed by atoms with Gasteiger partial charge in [0.05, 0.1) is 34.4 Å². The molecule has 0 radical (unpaired) electrons. The highest BCUT2D eigenvalue weighted by Crippen LogP contribution is 2.43. The number of phosphoric acid groups is 1. The number of hydrogen-bond acceptors (Lipinski definition) is 6. The molecule has 2 atom stereocenters. The molecule has 0 aliphatic carbocycles. The van der Waals surface area contributed by atoms with E-state index in [1.165, 1.54) is 186 Å². The quantitative estimate of drug-likeness (QED) is 0.0214. The molecule has 0 fully saturated rings. The van der Waals surface area contributed by atoms with Crippen molar-refractivity contribution in [2.24, 2.45) is 0 Å². The van der Waals surface area contributed by atoms with Crippen LogP contribution in [0.3, 0.4) is 0 Å².